The van der Waals surface area contributed by atoms with E-state index >= 15 is 0 Å². The molecule has 0 saturated heterocycles. The summed E-state index contributed by atoms with van der Waals surface area (Å²) in [7, 11) is 0. The second-order valence-electron chi connectivity index (χ2n) is 5.78. The molecular weight excluding hydrogens is 282 g/mol. The van der Waals surface area contributed by atoms with Gasteiger partial charge in [-0.15, -0.1) is 0 Å². The predicted octanol–water partition coefficient (Wildman–Crippen LogP) is 1.53. The summed E-state index contributed by atoms with van der Waals surface area (Å²) in [4.78, 5) is 21.0. The third-order valence-electron chi connectivity index (χ3n) is 4.14. The highest BCUT2D eigenvalue weighted by molar-refractivity contribution is 5.96. The molecule has 1 aliphatic carbocycles. The van der Waals surface area contributed by atoms with E-state index in [1.54, 1.807) is 0 Å². The molecule has 1 saturated carbocycles. The van der Waals surface area contributed by atoms with Gasteiger partial charge in [0.1, 0.15) is 5.84 Å². The number of nitrogens with one attached hydrogen (secondary N) is 1. The van der Waals surface area contributed by atoms with Crippen molar-refractivity contribution in [3.63, 3.8) is 0 Å². The largest absolute Gasteiger partial charge is 0.395 e. The molecule has 0 atom stereocenters. The van der Waals surface area contributed by atoms with Crippen LogP contribution in [0.1, 0.15) is 39.0 Å². The van der Waals surface area contributed by atoms with Gasteiger partial charge in [-0.2, -0.15) is 4.98 Å². The standard InChI is InChI=1S/C15H22N5O2/c1-2-8-20-13-11(14(22)19-15(20)16-7-9-21)17-12(18-13)10-5-3-4-6-10/h10,21H,2-9H2,1H3,(H,16,19,22). The number of aliphatic hydroxyl groups excluding tert-OH is 1. The summed E-state index contributed by atoms with van der Waals surface area (Å²) >= 11 is 0. The Hall–Kier alpha value is -1.89. The predicted molar refractivity (Wildman–Crippen MR) is 85.2 cm³/mol. The molecular formula is C15H22N5O2. The van der Waals surface area contributed by atoms with Crippen molar-refractivity contribution in [2.45, 2.75) is 45.6 Å². The highest BCUT2D eigenvalue weighted by Gasteiger charge is 2.30. The van der Waals surface area contributed by atoms with Crippen LogP contribution in [0.5, 0.6) is 0 Å². The molecule has 2 aliphatic rings. The molecule has 1 fully saturated rings. The average Bonchev–Trinajstić information content (AvgIpc) is 3.17. The first-order chi connectivity index (χ1) is 10.7. The van der Waals surface area contributed by atoms with E-state index in [1.807, 2.05) is 4.57 Å². The van der Waals surface area contributed by atoms with Crippen LogP contribution in [-0.2, 0) is 6.54 Å². The molecule has 3 rings (SSSR count). The van der Waals surface area contributed by atoms with Gasteiger partial charge in [-0.1, -0.05) is 19.8 Å². The van der Waals surface area contributed by atoms with E-state index in [1.165, 1.54) is 12.8 Å². The SMILES string of the molecule is CCCn1c(NCCO)nc(=O)c2c1N=C(C1CCCC1)[N]2. The summed E-state index contributed by atoms with van der Waals surface area (Å²) in [5.41, 5.74) is 0.0180. The highest BCUT2D eigenvalue weighted by Crippen LogP contribution is 2.35. The van der Waals surface area contributed by atoms with Gasteiger partial charge in [-0.05, 0) is 19.3 Å². The first kappa shape index (κ1) is 15.0. The van der Waals surface area contributed by atoms with Crippen molar-refractivity contribution >= 4 is 23.3 Å². The Morgan fingerprint density at radius 2 is 2.14 bits per heavy atom. The number of hydrogen-bond acceptors (Lipinski definition) is 5. The van der Waals surface area contributed by atoms with Gasteiger partial charge in [0.15, 0.2) is 11.5 Å². The van der Waals surface area contributed by atoms with Gasteiger partial charge < -0.3 is 10.4 Å². The van der Waals surface area contributed by atoms with Gasteiger partial charge in [-0.25, -0.2) is 10.3 Å². The molecule has 1 aromatic heterocycles. The lowest BCUT2D eigenvalue weighted by Gasteiger charge is -2.14. The van der Waals surface area contributed by atoms with Gasteiger partial charge in [-0.3, -0.25) is 9.36 Å². The molecule has 0 spiro atoms. The Balaban J connectivity index is 1.99. The van der Waals surface area contributed by atoms with Gasteiger partial charge >= 0.3 is 5.56 Å². The summed E-state index contributed by atoms with van der Waals surface area (Å²) in [5, 5.41) is 16.4. The lowest BCUT2D eigenvalue weighted by molar-refractivity contribution is 0.310. The lowest BCUT2D eigenvalue weighted by Crippen LogP contribution is -2.23. The Bertz CT molecular complexity index is 632. The van der Waals surface area contributed by atoms with Gasteiger partial charge in [0.05, 0.1) is 6.61 Å². The molecule has 22 heavy (non-hydrogen) atoms. The molecule has 2 heterocycles. The van der Waals surface area contributed by atoms with E-state index in [2.05, 4.69) is 27.5 Å². The summed E-state index contributed by atoms with van der Waals surface area (Å²) < 4.78 is 1.90. The monoisotopic (exact) mass is 304 g/mol. The Labute approximate surface area is 129 Å². The zero-order valence-electron chi connectivity index (χ0n) is 12.9. The van der Waals surface area contributed by atoms with Crippen LogP contribution in [0.4, 0.5) is 17.5 Å². The van der Waals surface area contributed by atoms with E-state index in [4.69, 9.17) is 5.11 Å². The van der Waals surface area contributed by atoms with E-state index in [0.717, 1.165) is 25.1 Å². The number of amidine groups is 1. The Morgan fingerprint density at radius 1 is 1.36 bits per heavy atom. The van der Waals surface area contributed by atoms with Gasteiger partial charge in [0.25, 0.3) is 0 Å². The van der Waals surface area contributed by atoms with Crippen molar-refractivity contribution in [2.24, 2.45) is 10.9 Å². The molecule has 1 radical (unpaired) electrons. The third kappa shape index (κ3) is 2.72. The van der Waals surface area contributed by atoms with Crippen molar-refractivity contribution in [3.8, 4) is 0 Å². The number of rotatable bonds is 6. The lowest BCUT2D eigenvalue weighted by atomic mass is 10.1. The number of aliphatic hydroxyl groups is 1. The minimum atomic E-state index is -0.348. The van der Waals surface area contributed by atoms with Crippen LogP contribution in [0.15, 0.2) is 9.79 Å². The van der Waals surface area contributed by atoms with E-state index in [0.29, 0.717) is 36.5 Å². The summed E-state index contributed by atoms with van der Waals surface area (Å²) in [5.74, 6) is 2.24. The average molecular weight is 304 g/mol. The van der Waals surface area contributed by atoms with E-state index in [9.17, 15) is 4.79 Å². The van der Waals surface area contributed by atoms with Crippen LogP contribution in [0.3, 0.4) is 0 Å². The van der Waals surface area contributed by atoms with Crippen molar-refractivity contribution in [1.82, 2.24) is 14.9 Å². The number of nitrogens with zero attached hydrogens (tertiary/aromatic N) is 4. The zero-order valence-corrected chi connectivity index (χ0v) is 12.9. The smallest absolute Gasteiger partial charge is 0.302 e. The van der Waals surface area contributed by atoms with Crippen LogP contribution < -0.4 is 16.2 Å². The minimum Gasteiger partial charge on any atom is -0.395 e. The van der Waals surface area contributed by atoms with E-state index in [-0.39, 0.29) is 12.2 Å². The molecule has 0 aromatic carbocycles. The molecule has 0 amide bonds. The van der Waals surface area contributed by atoms with E-state index < -0.39 is 0 Å². The fraction of sp³-hybridized carbons (Fsp3) is 0.667. The topological polar surface area (TPSA) is 93.6 Å². The molecule has 1 aliphatic heterocycles. The third-order valence-corrected chi connectivity index (χ3v) is 4.14. The molecule has 0 bridgehead atoms. The summed E-state index contributed by atoms with van der Waals surface area (Å²) in [6, 6.07) is 0. The second-order valence-corrected chi connectivity index (χ2v) is 5.78. The number of aromatic nitrogens is 2. The number of anilines is 1. The Kier molecular flexibility index (Phi) is 4.42. The maximum Gasteiger partial charge on any atom is 0.302 e. The van der Waals surface area contributed by atoms with Crippen LogP contribution in [0.25, 0.3) is 0 Å². The number of hydrogen-bond donors (Lipinski definition) is 2. The minimum absolute atomic E-state index is 0.0138. The molecule has 1 aromatic rings. The second kappa shape index (κ2) is 6.48. The summed E-state index contributed by atoms with van der Waals surface area (Å²) in [6.07, 6.45) is 5.51. The first-order valence-corrected chi connectivity index (χ1v) is 8.04. The van der Waals surface area contributed by atoms with Crippen molar-refractivity contribution in [3.05, 3.63) is 10.4 Å². The molecule has 7 nitrogen and oxygen atoms in total. The zero-order chi connectivity index (χ0) is 15.5. The quantitative estimate of drug-likeness (QED) is 0.833. The number of fused-ring (bicyclic) bond motifs is 1. The highest BCUT2D eigenvalue weighted by atomic mass is 16.3. The van der Waals surface area contributed by atoms with Crippen molar-refractivity contribution < 1.29 is 5.11 Å². The van der Waals surface area contributed by atoms with Crippen LogP contribution >= 0.6 is 0 Å². The normalized spacial score (nSPS) is 17.3. The molecule has 119 valence electrons. The fourth-order valence-corrected chi connectivity index (χ4v) is 3.10. The van der Waals surface area contributed by atoms with Gasteiger partial charge in [0, 0.05) is 19.0 Å². The van der Waals surface area contributed by atoms with Crippen molar-refractivity contribution in [1.29, 1.82) is 0 Å². The van der Waals surface area contributed by atoms with Crippen LogP contribution in [0.2, 0.25) is 0 Å². The molecule has 7 heteroatoms. The van der Waals surface area contributed by atoms with Crippen LogP contribution in [-0.4, -0.2) is 33.6 Å². The molecule has 2 N–H and O–H groups in total. The first-order valence-electron chi connectivity index (χ1n) is 8.04. The maximum absolute atomic E-state index is 12.2. The van der Waals surface area contributed by atoms with Crippen LogP contribution in [0, 0.1) is 5.92 Å². The maximum atomic E-state index is 12.2. The van der Waals surface area contributed by atoms with Crippen molar-refractivity contribution in [2.75, 3.05) is 18.5 Å². The Morgan fingerprint density at radius 3 is 2.82 bits per heavy atom. The number of aliphatic imine (C=N–C) groups is 1. The summed E-state index contributed by atoms with van der Waals surface area (Å²) in [6.45, 7) is 3.11. The molecule has 0 unspecified atom stereocenters. The fourth-order valence-electron chi connectivity index (χ4n) is 3.10. The van der Waals surface area contributed by atoms with Gasteiger partial charge in [0.2, 0.25) is 5.95 Å².